The number of aromatic nitrogens is 1. The molecular weight excluding hydrogens is 233 g/mol. The zero-order chi connectivity index (χ0) is 12.8. The van der Waals surface area contributed by atoms with Crippen LogP contribution in [0.1, 0.15) is 15.9 Å². The Kier molecular flexibility index (Phi) is 3.76. The molecule has 1 heterocycles. The van der Waals surface area contributed by atoms with E-state index in [1.54, 1.807) is 36.5 Å². The van der Waals surface area contributed by atoms with Gasteiger partial charge in [-0.15, -0.1) is 0 Å². The van der Waals surface area contributed by atoms with Crippen molar-refractivity contribution in [3.63, 3.8) is 0 Å². The predicted octanol–water partition coefficient (Wildman–Crippen LogP) is 1.98. The Morgan fingerprint density at radius 2 is 2.11 bits per heavy atom. The van der Waals surface area contributed by atoms with Crippen LogP contribution in [0.4, 0.5) is 4.39 Å². The number of carbonyl (C=O) groups is 1. The van der Waals surface area contributed by atoms with Crippen molar-refractivity contribution in [3.8, 4) is 0 Å². The van der Waals surface area contributed by atoms with E-state index in [0.717, 1.165) is 0 Å². The molecule has 0 unspecified atom stereocenters. The van der Waals surface area contributed by atoms with Crippen molar-refractivity contribution in [2.75, 3.05) is 0 Å². The number of halogens is 1. The Labute approximate surface area is 103 Å². The number of hydrogen-bond donors (Lipinski definition) is 1. The number of nitrogens with zero attached hydrogens (tertiary/aromatic N) is 2. The molecule has 0 aliphatic heterocycles. The molecule has 2 aromatic rings. The minimum Gasteiger partial charge on any atom is -0.267 e. The topological polar surface area (TPSA) is 54.4 Å². The summed E-state index contributed by atoms with van der Waals surface area (Å²) in [5.74, 6) is -0.785. The maximum absolute atomic E-state index is 13.2. The van der Waals surface area contributed by atoms with Gasteiger partial charge in [-0.3, -0.25) is 9.78 Å². The summed E-state index contributed by atoms with van der Waals surface area (Å²) in [6, 6.07) is 9.42. The number of benzene rings is 1. The lowest BCUT2D eigenvalue weighted by Crippen LogP contribution is -2.17. The fourth-order valence-electron chi connectivity index (χ4n) is 1.30. The number of rotatable bonds is 3. The third kappa shape index (κ3) is 2.98. The summed E-state index contributed by atoms with van der Waals surface area (Å²) in [5.41, 5.74) is 3.00. The summed E-state index contributed by atoms with van der Waals surface area (Å²) < 4.78 is 13.2. The van der Waals surface area contributed by atoms with Crippen LogP contribution in [0.15, 0.2) is 53.9 Å². The minimum atomic E-state index is -0.393. The lowest BCUT2D eigenvalue weighted by molar-refractivity contribution is 0.0955. The highest BCUT2D eigenvalue weighted by Crippen LogP contribution is 2.02. The summed E-state index contributed by atoms with van der Waals surface area (Å²) in [5, 5.41) is 3.69. The average Bonchev–Trinajstić information content (AvgIpc) is 2.42. The van der Waals surface area contributed by atoms with E-state index in [-0.39, 0.29) is 0 Å². The Hall–Kier alpha value is -2.56. The molecule has 0 aliphatic rings. The van der Waals surface area contributed by atoms with E-state index in [9.17, 15) is 9.18 Å². The molecule has 1 N–H and O–H groups in total. The average molecular weight is 243 g/mol. The molecule has 0 radical (unpaired) electrons. The van der Waals surface area contributed by atoms with Crippen LogP contribution >= 0.6 is 0 Å². The van der Waals surface area contributed by atoms with Gasteiger partial charge in [-0.2, -0.15) is 5.10 Å². The van der Waals surface area contributed by atoms with Crippen LogP contribution in [0.2, 0.25) is 0 Å². The molecule has 0 bridgehead atoms. The van der Waals surface area contributed by atoms with Gasteiger partial charge in [-0.25, -0.2) is 9.82 Å². The van der Waals surface area contributed by atoms with Crippen LogP contribution in [0.25, 0.3) is 0 Å². The smallest absolute Gasteiger partial charge is 0.267 e. The van der Waals surface area contributed by atoms with Crippen molar-refractivity contribution < 1.29 is 9.18 Å². The zero-order valence-electron chi connectivity index (χ0n) is 9.38. The highest BCUT2D eigenvalue weighted by Gasteiger charge is 2.02. The zero-order valence-corrected chi connectivity index (χ0v) is 9.38. The van der Waals surface area contributed by atoms with Crippen LogP contribution in [-0.2, 0) is 0 Å². The minimum absolute atomic E-state index is 0.309. The molecule has 0 atom stereocenters. The molecule has 0 saturated heterocycles. The second kappa shape index (κ2) is 5.67. The SMILES string of the molecule is O=C(NN=Cc1ccccc1F)c1cccnc1. The quantitative estimate of drug-likeness (QED) is 0.662. The number of hydrogen-bond acceptors (Lipinski definition) is 3. The van der Waals surface area contributed by atoms with Gasteiger partial charge in [-0.05, 0) is 18.2 Å². The summed E-state index contributed by atoms with van der Waals surface area (Å²) >= 11 is 0. The number of hydrazone groups is 1. The summed E-state index contributed by atoms with van der Waals surface area (Å²) in [7, 11) is 0. The second-order valence-electron chi connectivity index (χ2n) is 3.46. The van der Waals surface area contributed by atoms with Crippen LogP contribution in [0.3, 0.4) is 0 Å². The van der Waals surface area contributed by atoms with Gasteiger partial charge < -0.3 is 0 Å². The van der Waals surface area contributed by atoms with Crippen LogP contribution in [0, 0.1) is 5.82 Å². The second-order valence-corrected chi connectivity index (χ2v) is 3.46. The molecule has 1 aromatic heterocycles. The van der Waals surface area contributed by atoms with Gasteiger partial charge in [-0.1, -0.05) is 18.2 Å². The van der Waals surface area contributed by atoms with E-state index in [2.05, 4.69) is 15.5 Å². The van der Waals surface area contributed by atoms with Crippen LogP contribution in [0.5, 0.6) is 0 Å². The van der Waals surface area contributed by atoms with Crippen molar-refractivity contribution in [3.05, 3.63) is 65.7 Å². The van der Waals surface area contributed by atoms with Crippen molar-refractivity contribution >= 4 is 12.1 Å². The largest absolute Gasteiger partial charge is 0.272 e. The van der Waals surface area contributed by atoms with Crippen molar-refractivity contribution in [2.24, 2.45) is 5.10 Å². The summed E-state index contributed by atoms with van der Waals surface area (Å²) in [6.45, 7) is 0. The van der Waals surface area contributed by atoms with Crippen LogP contribution in [-0.4, -0.2) is 17.1 Å². The van der Waals surface area contributed by atoms with Gasteiger partial charge in [0.25, 0.3) is 5.91 Å². The monoisotopic (exact) mass is 243 g/mol. The fraction of sp³-hybridized carbons (Fsp3) is 0. The first kappa shape index (κ1) is 11.9. The molecule has 18 heavy (non-hydrogen) atoms. The molecule has 5 heteroatoms. The predicted molar refractivity (Wildman–Crippen MR) is 65.7 cm³/mol. The maximum Gasteiger partial charge on any atom is 0.272 e. The molecular formula is C13H10FN3O. The number of carbonyl (C=O) groups excluding carboxylic acids is 1. The van der Waals surface area contributed by atoms with E-state index in [0.29, 0.717) is 11.1 Å². The molecule has 1 aromatic carbocycles. The summed E-state index contributed by atoms with van der Waals surface area (Å²) in [6.07, 6.45) is 4.25. The Bertz CT molecular complexity index is 569. The molecule has 4 nitrogen and oxygen atoms in total. The number of pyridine rings is 1. The highest BCUT2D eigenvalue weighted by molar-refractivity contribution is 5.94. The van der Waals surface area contributed by atoms with Crippen molar-refractivity contribution in [1.29, 1.82) is 0 Å². The van der Waals surface area contributed by atoms with E-state index >= 15 is 0 Å². The van der Waals surface area contributed by atoms with Gasteiger partial charge in [0, 0.05) is 18.0 Å². The Morgan fingerprint density at radius 1 is 1.28 bits per heavy atom. The number of nitrogens with one attached hydrogen (secondary N) is 1. The summed E-state index contributed by atoms with van der Waals surface area (Å²) in [4.78, 5) is 15.4. The standard InChI is InChI=1S/C13H10FN3O/c14-12-6-2-1-4-10(12)9-16-17-13(18)11-5-3-7-15-8-11/h1-9H,(H,17,18). The highest BCUT2D eigenvalue weighted by atomic mass is 19.1. The van der Waals surface area contributed by atoms with Gasteiger partial charge in [0.15, 0.2) is 0 Å². The van der Waals surface area contributed by atoms with E-state index in [1.807, 2.05) is 0 Å². The normalized spacial score (nSPS) is 10.5. The molecule has 0 saturated carbocycles. The molecule has 0 spiro atoms. The Morgan fingerprint density at radius 3 is 2.83 bits per heavy atom. The maximum atomic E-state index is 13.2. The number of amides is 1. The van der Waals surface area contributed by atoms with Crippen molar-refractivity contribution in [1.82, 2.24) is 10.4 Å². The molecule has 90 valence electrons. The van der Waals surface area contributed by atoms with Gasteiger partial charge in [0.1, 0.15) is 5.82 Å². The van der Waals surface area contributed by atoms with E-state index in [1.165, 1.54) is 18.5 Å². The Balaban J connectivity index is 2.00. The van der Waals surface area contributed by atoms with Gasteiger partial charge in [0.2, 0.25) is 0 Å². The lowest BCUT2D eigenvalue weighted by Gasteiger charge is -1.98. The third-order valence-corrected chi connectivity index (χ3v) is 2.20. The van der Waals surface area contributed by atoms with Crippen LogP contribution < -0.4 is 5.43 Å². The fourth-order valence-corrected chi connectivity index (χ4v) is 1.30. The van der Waals surface area contributed by atoms with E-state index in [4.69, 9.17) is 0 Å². The molecule has 0 fully saturated rings. The van der Waals surface area contributed by atoms with Gasteiger partial charge >= 0.3 is 0 Å². The van der Waals surface area contributed by atoms with E-state index < -0.39 is 11.7 Å². The van der Waals surface area contributed by atoms with Crippen molar-refractivity contribution in [2.45, 2.75) is 0 Å². The molecule has 1 amide bonds. The third-order valence-electron chi connectivity index (χ3n) is 2.20. The van der Waals surface area contributed by atoms with Gasteiger partial charge in [0.05, 0.1) is 11.8 Å². The molecule has 0 aliphatic carbocycles. The first-order chi connectivity index (χ1) is 8.77. The first-order valence-corrected chi connectivity index (χ1v) is 5.25. The lowest BCUT2D eigenvalue weighted by atomic mass is 10.2. The molecule has 2 rings (SSSR count). The first-order valence-electron chi connectivity index (χ1n) is 5.25.